The molecule has 1 amide bonds. The maximum Gasteiger partial charge on any atom is 0.339 e. The van der Waals surface area contributed by atoms with Gasteiger partial charge in [0.2, 0.25) is 0 Å². The summed E-state index contributed by atoms with van der Waals surface area (Å²) in [5.74, 6) is -1.89. The third kappa shape index (κ3) is 4.35. The van der Waals surface area contributed by atoms with Gasteiger partial charge in [0.05, 0.1) is 12.7 Å². The third-order valence-corrected chi connectivity index (χ3v) is 3.85. The fraction of sp³-hybridized carbons (Fsp3) is 0.263. The Balaban J connectivity index is 2.15. The van der Waals surface area contributed by atoms with E-state index in [1.807, 2.05) is 6.07 Å². The number of carbonyl (C=O) groups is 2. The van der Waals surface area contributed by atoms with Crippen molar-refractivity contribution in [1.29, 1.82) is 0 Å². The van der Waals surface area contributed by atoms with Crippen LogP contribution in [0.25, 0.3) is 0 Å². The van der Waals surface area contributed by atoms with E-state index in [0.717, 1.165) is 5.56 Å². The van der Waals surface area contributed by atoms with Gasteiger partial charge in [0.1, 0.15) is 17.1 Å². The van der Waals surface area contributed by atoms with Gasteiger partial charge in [-0.15, -0.1) is 0 Å². The van der Waals surface area contributed by atoms with Gasteiger partial charge in [-0.25, -0.2) is 9.18 Å². The Morgan fingerprint density at radius 3 is 2.52 bits per heavy atom. The second-order valence-corrected chi connectivity index (χ2v) is 5.85. The van der Waals surface area contributed by atoms with Crippen molar-refractivity contribution in [3.63, 3.8) is 0 Å². The largest absolute Gasteiger partial charge is 0.495 e. The lowest BCUT2D eigenvalue weighted by Crippen LogP contribution is -2.34. The summed E-state index contributed by atoms with van der Waals surface area (Å²) in [5, 5.41) is 12.0. The van der Waals surface area contributed by atoms with Crippen LogP contribution in [0.5, 0.6) is 5.75 Å². The van der Waals surface area contributed by atoms with Crippen molar-refractivity contribution in [2.24, 2.45) is 0 Å². The topological polar surface area (TPSA) is 75.6 Å². The standard InChI is InChI=1S/C19H20FNO4/c1-11-7-8-13(10-16(11)20)9-12(2)21-18(22)14-5-4-6-15(19(23)24)17(14)25-3/h4-8,10,12H,9H2,1-3H3,(H,21,22)(H,23,24). The van der Waals surface area contributed by atoms with Gasteiger partial charge in [-0.2, -0.15) is 0 Å². The summed E-state index contributed by atoms with van der Waals surface area (Å²) in [5.41, 5.74) is 1.39. The smallest absolute Gasteiger partial charge is 0.339 e. The molecule has 6 heteroatoms. The van der Waals surface area contributed by atoms with Crippen LogP contribution < -0.4 is 10.1 Å². The Bertz CT molecular complexity index is 804. The molecule has 25 heavy (non-hydrogen) atoms. The number of aromatic carboxylic acids is 1. The molecule has 2 aromatic rings. The van der Waals surface area contributed by atoms with E-state index >= 15 is 0 Å². The Morgan fingerprint density at radius 2 is 1.92 bits per heavy atom. The molecule has 0 saturated heterocycles. The van der Waals surface area contributed by atoms with Gasteiger partial charge in [0, 0.05) is 6.04 Å². The van der Waals surface area contributed by atoms with Crippen molar-refractivity contribution in [1.82, 2.24) is 5.32 Å². The van der Waals surface area contributed by atoms with Crippen molar-refractivity contribution in [3.8, 4) is 5.75 Å². The minimum absolute atomic E-state index is 0.0149. The van der Waals surface area contributed by atoms with Crippen LogP contribution in [0.1, 0.15) is 38.8 Å². The number of benzene rings is 2. The molecule has 0 fully saturated rings. The van der Waals surface area contributed by atoms with Crippen molar-refractivity contribution in [2.45, 2.75) is 26.3 Å². The van der Waals surface area contributed by atoms with Crippen LogP contribution in [0.3, 0.4) is 0 Å². The number of nitrogens with one attached hydrogen (secondary N) is 1. The van der Waals surface area contributed by atoms with Crippen LogP contribution in [0, 0.1) is 12.7 Å². The van der Waals surface area contributed by atoms with Crippen LogP contribution >= 0.6 is 0 Å². The highest BCUT2D eigenvalue weighted by Gasteiger charge is 2.20. The zero-order valence-corrected chi connectivity index (χ0v) is 14.3. The summed E-state index contributed by atoms with van der Waals surface area (Å²) in [4.78, 5) is 23.7. The normalized spacial score (nSPS) is 11.7. The molecule has 0 saturated carbocycles. The highest BCUT2D eigenvalue weighted by Crippen LogP contribution is 2.24. The highest BCUT2D eigenvalue weighted by molar-refractivity contribution is 6.02. The number of rotatable bonds is 6. The molecule has 2 aromatic carbocycles. The molecule has 0 aliphatic rings. The number of carbonyl (C=O) groups excluding carboxylic acids is 1. The van der Waals surface area contributed by atoms with Crippen LogP contribution in [-0.2, 0) is 6.42 Å². The van der Waals surface area contributed by atoms with E-state index < -0.39 is 11.9 Å². The van der Waals surface area contributed by atoms with Gasteiger partial charge in [0.25, 0.3) is 5.91 Å². The number of amides is 1. The van der Waals surface area contributed by atoms with E-state index in [9.17, 15) is 19.1 Å². The molecule has 132 valence electrons. The number of halogens is 1. The fourth-order valence-corrected chi connectivity index (χ4v) is 2.57. The minimum Gasteiger partial charge on any atom is -0.495 e. The first-order valence-electron chi connectivity index (χ1n) is 7.79. The van der Waals surface area contributed by atoms with Gasteiger partial charge in [-0.3, -0.25) is 4.79 Å². The van der Waals surface area contributed by atoms with E-state index in [2.05, 4.69) is 5.32 Å². The van der Waals surface area contributed by atoms with E-state index in [1.165, 1.54) is 31.4 Å². The molecular formula is C19H20FNO4. The zero-order chi connectivity index (χ0) is 18.6. The lowest BCUT2D eigenvalue weighted by atomic mass is 10.0. The lowest BCUT2D eigenvalue weighted by Gasteiger charge is -2.16. The van der Waals surface area contributed by atoms with E-state index in [0.29, 0.717) is 12.0 Å². The Labute approximate surface area is 145 Å². The minimum atomic E-state index is -1.17. The third-order valence-electron chi connectivity index (χ3n) is 3.85. The quantitative estimate of drug-likeness (QED) is 0.843. The van der Waals surface area contributed by atoms with Crippen molar-refractivity contribution < 1.29 is 23.8 Å². The Kier molecular flexibility index (Phi) is 5.75. The number of aryl methyl sites for hydroxylation is 1. The molecule has 1 unspecified atom stereocenters. The summed E-state index contributed by atoms with van der Waals surface area (Å²) in [6.45, 7) is 3.48. The molecule has 0 radical (unpaired) electrons. The summed E-state index contributed by atoms with van der Waals surface area (Å²) < 4.78 is 18.7. The van der Waals surface area contributed by atoms with Crippen LogP contribution in [0.15, 0.2) is 36.4 Å². The van der Waals surface area contributed by atoms with Gasteiger partial charge >= 0.3 is 5.97 Å². The Morgan fingerprint density at radius 1 is 1.24 bits per heavy atom. The monoisotopic (exact) mass is 345 g/mol. The fourth-order valence-electron chi connectivity index (χ4n) is 2.57. The maximum absolute atomic E-state index is 13.6. The number of hydrogen-bond acceptors (Lipinski definition) is 3. The van der Waals surface area contributed by atoms with Crippen LogP contribution in [-0.4, -0.2) is 30.1 Å². The highest BCUT2D eigenvalue weighted by atomic mass is 19.1. The van der Waals surface area contributed by atoms with Crippen molar-refractivity contribution in [2.75, 3.05) is 7.11 Å². The van der Waals surface area contributed by atoms with Gasteiger partial charge in [-0.05, 0) is 49.6 Å². The number of para-hydroxylation sites is 1. The number of carboxylic acids is 1. The van der Waals surface area contributed by atoms with E-state index in [1.54, 1.807) is 19.9 Å². The second kappa shape index (κ2) is 7.79. The number of ether oxygens (including phenoxy) is 1. The molecule has 1 atom stereocenters. The first-order chi connectivity index (χ1) is 11.8. The van der Waals surface area contributed by atoms with Gasteiger partial charge in [0.15, 0.2) is 0 Å². The maximum atomic E-state index is 13.6. The molecule has 0 heterocycles. The second-order valence-electron chi connectivity index (χ2n) is 5.85. The summed E-state index contributed by atoms with van der Waals surface area (Å²) in [6, 6.07) is 9.04. The SMILES string of the molecule is COc1c(C(=O)O)cccc1C(=O)NC(C)Cc1ccc(C)c(F)c1. The first-order valence-corrected chi connectivity index (χ1v) is 7.79. The Hall–Kier alpha value is -2.89. The molecule has 0 aliphatic heterocycles. The molecule has 0 aliphatic carbocycles. The first kappa shape index (κ1) is 18.4. The number of carboxylic acid groups (broad SMARTS) is 1. The predicted molar refractivity (Wildman–Crippen MR) is 91.7 cm³/mol. The molecule has 0 spiro atoms. The molecule has 5 nitrogen and oxygen atoms in total. The predicted octanol–water partition coefficient (Wildman–Crippen LogP) is 3.20. The van der Waals surface area contributed by atoms with Gasteiger partial charge < -0.3 is 15.2 Å². The average Bonchev–Trinajstić information content (AvgIpc) is 2.57. The van der Waals surface area contributed by atoms with Gasteiger partial charge in [-0.1, -0.05) is 18.2 Å². The zero-order valence-electron chi connectivity index (χ0n) is 14.3. The van der Waals surface area contributed by atoms with Crippen LogP contribution in [0.4, 0.5) is 4.39 Å². The number of methoxy groups -OCH3 is 1. The summed E-state index contributed by atoms with van der Waals surface area (Å²) >= 11 is 0. The van der Waals surface area contributed by atoms with Crippen LogP contribution in [0.2, 0.25) is 0 Å². The van der Waals surface area contributed by atoms with Crippen molar-refractivity contribution in [3.05, 3.63) is 64.5 Å². The molecule has 2 rings (SSSR count). The summed E-state index contributed by atoms with van der Waals surface area (Å²) in [7, 11) is 1.32. The molecule has 0 bridgehead atoms. The summed E-state index contributed by atoms with van der Waals surface area (Å²) in [6.07, 6.45) is 0.448. The molecular weight excluding hydrogens is 325 g/mol. The van der Waals surface area contributed by atoms with Crippen molar-refractivity contribution >= 4 is 11.9 Å². The van der Waals surface area contributed by atoms with E-state index in [-0.39, 0.29) is 28.7 Å². The lowest BCUT2D eigenvalue weighted by molar-refractivity contribution is 0.0693. The molecule has 0 aromatic heterocycles. The average molecular weight is 345 g/mol. The number of hydrogen-bond donors (Lipinski definition) is 2. The van der Waals surface area contributed by atoms with E-state index in [4.69, 9.17) is 4.74 Å². The molecule has 2 N–H and O–H groups in total.